The lowest BCUT2D eigenvalue weighted by Gasteiger charge is -2.31. The molecule has 0 saturated carbocycles. The predicted octanol–water partition coefficient (Wildman–Crippen LogP) is 1.59. The third-order valence-electron chi connectivity index (χ3n) is 5.14. The van der Waals surface area contributed by atoms with Crippen LogP contribution in [0.4, 0.5) is 0 Å². The van der Waals surface area contributed by atoms with Crippen LogP contribution in [0.3, 0.4) is 0 Å². The van der Waals surface area contributed by atoms with Crippen LogP contribution in [0.2, 0.25) is 0 Å². The van der Waals surface area contributed by atoms with E-state index in [0.29, 0.717) is 30.9 Å². The van der Waals surface area contributed by atoms with Crippen LogP contribution in [0.5, 0.6) is 0 Å². The van der Waals surface area contributed by atoms with Crippen molar-refractivity contribution >= 4 is 16.1 Å². The van der Waals surface area contributed by atoms with Gasteiger partial charge in [-0.05, 0) is 31.3 Å². The van der Waals surface area contributed by atoms with Crippen LogP contribution < -0.4 is 0 Å². The molecule has 1 saturated heterocycles. The molecule has 1 fully saturated rings. The number of fused-ring (bicyclic) bond motifs is 1. The maximum Gasteiger partial charge on any atom is 0.232 e. The molecule has 4 rings (SSSR count). The number of rotatable bonds is 4. The van der Waals surface area contributed by atoms with Crippen molar-refractivity contribution < 1.29 is 8.42 Å². The number of nitriles is 1. The summed E-state index contributed by atoms with van der Waals surface area (Å²) in [6.45, 7) is 1.01. The van der Waals surface area contributed by atoms with Crippen LogP contribution >= 0.6 is 0 Å². The van der Waals surface area contributed by atoms with Crippen molar-refractivity contribution in [3.05, 3.63) is 41.4 Å². The highest BCUT2D eigenvalue weighted by Crippen LogP contribution is 2.28. The van der Waals surface area contributed by atoms with Crippen molar-refractivity contribution in [2.75, 3.05) is 19.3 Å². The summed E-state index contributed by atoms with van der Waals surface area (Å²) in [4.78, 5) is 17.7. The minimum absolute atomic E-state index is 0.101. The van der Waals surface area contributed by atoms with Crippen molar-refractivity contribution in [1.29, 1.82) is 5.26 Å². The summed E-state index contributed by atoms with van der Waals surface area (Å²) in [5.74, 6) is 0.231. The van der Waals surface area contributed by atoms with Crippen molar-refractivity contribution in [1.82, 2.24) is 24.2 Å². The summed E-state index contributed by atoms with van der Waals surface area (Å²) in [7, 11) is -3.21. The Morgan fingerprint density at radius 2 is 2.14 bits per heavy atom. The summed E-state index contributed by atoms with van der Waals surface area (Å²) in [6, 6.07) is 1.98. The number of aromatic nitrogens is 4. The Balaban J connectivity index is 1.66. The SMILES string of the molecule is CS(=O)(=O)N1CCC[C@H](Cc2nc(C#N)ncc2-c2cnc3c(n2)C=CC3)C1. The standard InChI is InChI=1S/C19H20N6O2S/c1-28(26,27)25-7-3-4-13(12-25)8-17-14(10-22-19(9-20)24-17)18-11-21-15-5-2-6-16(15)23-18/h2,6,10-11,13H,3-5,7-8,12H2,1H3/t13-/m1/s1. The van der Waals surface area contributed by atoms with E-state index >= 15 is 0 Å². The quantitative estimate of drug-likeness (QED) is 0.771. The topological polar surface area (TPSA) is 113 Å². The van der Waals surface area contributed by atoms with E-state index in [1.54, 1.807) is 12.4 Å². The lowest BCUT2D eigenvalue weighted by Crippen LogP contribution is -2.40. The van der Waals surface area contributed by atoms with Crippen molar-refractivity contribution in [2.24, 2.45) is 5.92 Å². The molecule has 8 nitrogen and oxygen atoms in total. The van der Waals surface area contributed by atoms with Gasteiger partial charge in [0.1, 0.15) is 6.07 Å². The molecule has 1 atom stereocenters. The van der Waals surface area contributed by atoms with E-state index < -0.39 is 10.0 Å². The van der Waals surface area contributed by atoms with Crippen molar-refractivity contribution in [3.63, 3.8) is 0 Å². The lowest BCUT2D eigenvalue weighted by atomic mass is 9.92. The van der Waals surface area contributed by atoms with Gasteiger partial charge in [-0.2, -0.15) is 5.26 Å². The molecule has 2 aromatic rings. The van der Waals surface area contributed by atoms with Gasteiger partial charge in [-0.1, -0.05) is 6.08 Å². The summed E-state index contributed by atoms with van der Waals surface area (Å²) < 4.78 is 25.3. The Morgan fingerprint density at radius 3 is 2.93 bits per heavy atom. The molecule has 144 valence electrons. The van der Waals surface area contributed by atoms with Crippen molar-refractivity contribution in [2.45, 2.75) is 25.7 Å². The molecule has 0 N–H and O–H groups in total. The first-order valence-corrected chi connectivity index (χ1v) is 11.0. The fourth-order valence-electron chi connectivity index (χ4n) is 3.74. The van der Waals surface area contributed by atoms with E-state index in [0.717, 1.165) is 36.2 Å². The van der Waals surface area contributed by atoms with E-state index in [1.807, 2.05) is 18.2 Å². The molecule has 28 heavy (non-hydrogen) atoms. The Bertz CT molecular complexity index is 1090. The molecule has 1 aliphatic carbocycles. The highest BCUT2D eigenvalue weighted by Gasteiger charge is 2.27. The molecule has 9 heteroatoms. The Morgan fingerprint density at radius 1 is 1.29 bits per heavy atom. The number of sulfonamides is 1. The number of allylic oxidation sites excluding steroid dienone is 1. The number of nitrogens with zero attached hydrogens (tertiary/aromatic N) is 6. The summed E-state index contributed by atoms with van der Waals surface area (Å²) >= 11 is 0. The first-order chi connectivity index (χ1) is 13.4. The van der Waals surface area contributed by atoms with E-state index in [-0.39, 0.29) is 11.7 Å². The fraction of sp³-hybridized carbons (Fsp3) is 0.421. The molecule has 2 aliphatic rings. The second-order valence-electron chi connectivity index (χ2n) is 7.19. The van der Waals surface area contributed by atoms with Gasteiger partial charge < -0.3 is 0 Å². The number of hydrogen-bond acceptors (Lipinski definition) is 7. The largest absolute Gasteiger partial charge is 0.256 e. The lowest BCUT2D eigenvalue weighted by molar-refractivity contribution is 0.265. The Hall–Kier alpha value is -2.70. The Labute approximate surface area is 164 Å². The van der Waals surface area contributed by atoms with E-state index in [4.69, 9.17) is 0 Å². The van der Waals surface area contributed by atoms with Gasteiger partial charge in [0.15, 0.2) is 0 Å². The molecule has 2 aromatic heterocycles. The highest BCUT2D eigenvalue weighted by molar-refractivity contribution is 7.88. The second-order valence-corrected chi connectivity index (χ2v) is 9.18. The van der Waals surface area contributed by atoms with Gasteiger partial charge in [0, 0.05) is 31.3 Å². The number of piperidine rings is 1. The molecule has 1 aliphatic heterocycles. The molecule has 0 aromatic carbocycles. The van der Waals surface area contributed by atoms with Crippen LogP contribution in [0.15, 0.2) is 18.5 Å². The maximum atomic E-state index is 11.9. The van der Waals surface area contributed by atoms with Gasteiger partial charge >= 0.3 is 0 Å². The first kappa shape index (κ1) is 18.7. The normalized spacial score (nSPS) is 19.4. The van der Waals surface area contributed by atoms with Gasteiger partial charge in [-0.25, -0.2) is 27.7 Å². The van der Waals surface area contributed by atoms with E-state index in [1.165, 1.54) is 10.6 Å². The van der Waals surface area contributed by atoms with Crippen LogP contribution in [-0.2, 0) is 22.9 Å². The summed E-state index contributed by atoms with van der Waals surface area (Å²) in [5.41, 5.74) is 3.90. The molecule has 3 heterocycles. The zero-order valence-corrected chi connectivity index (χ0v) is 16.4. The fourth-order valence-corrected chi connectivity index (χ4v) is 4.68. The van der Waals surface area contributed by atoms with Crippen LogP contribution in [0, 0.1) is 17.2 Å². The van der Waals surface area contributed by atoms with Gasteiger partial charge in [-0.3, -0.25) is 4.98 Å². The summed E-state index contributed by atoms with van der Waals surface area (Å²) in [5, 5.41) is 9.21. The zero-order chi connectivity index (χ0) is 19.7. The third kappa shape index (κ3) is 3.79. The highest BCUT2D eigenvalue weighted by atomic mass is 32.2. The predicted molar refractivity (Wildman–Crippen MR) is 103 cm³/mol. The molecule has 0 amide bonds. The third-order valence-corrected chi connectivity index (χ3v) is 6.41. The molecule has 0 bridgehead atoms. The first-order valence-electron chi connectivity index (χ1n) is 9.18. The zero-order valence-electron chi connectivity index (χ0n) is 15.5. The van der Waals surface area contributed by atoms with Gasteiger partial charge in [-0.15, -0.1) is 0 Å². The number of hydrogen-bond donors (Lipinski definition) is 0. The molecule has 0 spiro atoms. The maximum absolute atomic E-state index is 11.9. The molecular weight excluding hydrogens is 376 g/mol. The minimum atomic E-state index is -3.21. The van der Waals surface area contributed by atoms with Gasteiger partial charge in [0.2, 0.25) is 15.8 Å². The van der Waals surface area contributed by atoms with Crippen LogP contribution in [0.1, 0.15) is 35.7 Å². The molecule has 0 unspecified atom stereocenters. The van der Waals surface area contributed by atoms with Gasteiger partial charge in [0.25, 0.3) is 0 Å². The van der Waals surface area contributed by atoms with Crippen LogP contribution in [0.25, 0.3) is 17.3 Å². The van der Waals surface area contributed by atoms with E-state index in [2.05, 4.69) is 19.9 Å². The summed E-state index contributed by atoms with van der Waals surface area (Å²) in [6.07, 6.45) is 11.6. The molecular formula is C19H20N6O2S. The van der Waals surface area contributed by atoms with Crippen molar-refractivity contribution in [3.8, 4) is 17.3 Å². The van der Waals surface area contributed by atoms with Gasteiger partial charge in [0.05, 0.1) is 35.2 Å². The average Bonchev–Trinajstić information content (AvgIpc) is 3.15. The minimum Gasteiger partial charge on any atom is -0.256 e. The van der Waals surface area contributed by atoms with Crippen LogP contribution in [-0.4, -0.2) is 52.0 Å². The second kappa shape index (κ2) is 7.37. The average molecular weight is 396 g/mol. The smallest absolute Gasteiger partial charge is 0.232 e. The van der Waals surface area contributed by atoms with E-state index in [9.17, 15) is 13.7 Å². The Kier molecular flexibility index (Phi) is 4.91. The molecule has 0 radical (unpaired) electrons. The monoisotopic (exact) mass is 396 g/mol.